The van der Waals surface area contributed by atoms with E-state index < -0.39 is 10.0 Å². The summed E-state index contributed by atoms with van der Waals surface area (Å²) < 4.78 is 26.6. The molecule has 0 atom stereocenters. The number of benzene rings is 2. The molecule has 0 spiro atoms. The summed E-state index contributed by atoms with van der Waals surface area (Å²) in [7, 11) is -2.06. The van der Waals surface area contributed by atoms with Crippen molar-refractivity contribution in [2.24, 2.45) is 0 Å². The summed E-state index contributed by atoms with van der Waals surface area (Å²) in [4.78, 5) is 8.65. The van der Waals surface area contributed by atoms with Crippen molar-refractivity contribution in [3.8, 4) is 0 Å². The van der Waals surface area contributed by atoms with Crippen LogP contribution in [-0.4, -0.2) is 25.4 Å². The third-order valence-electron chi connectivity index (χ3n) is 3.50. The van der Waals surface area contributed by atoms with E-state index in [9.17, 15) is 8.42 Å². The molecule has 3 rings (SSSR count). The highest BCUT2D eigenvalue weighted by molar-refractivity contribution is 7.92. The quantitative estimate of drug-likeness (QED) is 0.746. The molecule has 0 aliphatic heterocycles. The molecule has 0 aliphatic rings. The van der Waals surface area contributed by atoms with Crippen molar-refractivity contribution >= 4 is 26.7 Å². The topological polar surface area (TPSA) is 63.2 Å². The maximum absolute atomic E-state index is 12.7. The minimum absolute atomic E-state index is 0.264. The van der Waals surface area contributed by atoms with E-state index in [0.717, 1.165) is 11.1 Å². The lowest BCUT2D eigenvalue weighted by Gasteiger charge is -2.19. The molecule has 22 heavy (non-hydrogen) atoms. The van der Waals surface area contributed by atoms with E-state index in [1.54, 1.807) is 54.9 Å². The Bertz CT molecular complexity index is 922. The van der Waals surface area contributed by atoms with Crippen LogP contribution in [0.25, 0.3) is 11.0 Å². The first kappa shape index (κ1) is 14.5. The first-order valence-electron chi connectivity index (χ1n) is 6.75. The molecule has 5 nitrogen and oxygen atoms in total. The van der Waals surface area contributed by atoms with E-state index in [1.807, 2.05) is 6.92 Å². The van der Waals surface area contributed by atoms with Gasteiger partial charge >= 0.3 is 0 Å². The number of rotatable bonds is 3. The molecule has 2 aromatic carbocycles. The summed E-state index contributed by atoms with van der Waals surface area (Å²) in [6.07, 6.45) is 3.19. The molecule has 0 unspecified atom stereocenters. The zero-order chi connectivity index (χ0) is 15.7. The van der Waals surface area contributed by atoms with Crippen molar-refractivity contribution in [1.82, 2.24) is 9.97 Å². The highest BCUT2D eigenvalue weighted by Gasteiger charge is 2.21. The van der Waals surface area contributed by atoms with Gasteiger partial charge in [-0.3, -0.25) is 14.3 Å². The second-order valence-electron chi connectivity index (χ2n) is 5.01. The Morgan fingerprint density at radius 2 is 1.55 bits per heavy atom. The monoisotopic (exact) mass is 313 g/mol. The van der Waals surface area contributed by atoms with Crippen molar-refractivity contribution in [2.45, 2.75) is 11.8 Å². The van der Waals surface area contributed by atoms with Crippen LogP contribution >= 0.6 is 0 Å². The first-order valence-corrected chi connectivity index (χ1v) is 8.19. The molecule has 1 aromatic heterocycles. The number of fused-ring (bicyclic) bond motifs is 1. The highest BCUT2D eigenvalue weighted by atomic mass is 32.2. The summed E-state index contributed by atoms with van der Waals surface area (Å²) in [6, 6.07) is 12.0. The lowest BCUT2D eigenvalue weighted by atomic mass is 10.2. The Kier molecular flexibility index (Phi) is 3.54. The van der Waals surface area contributed by atoms with Gasteiger partial charge in [-0.05, 0) is 37.3 Å². The lowest BCUT2D eigenvalue weighted by molar-refractivity contribution is 0.594. The number of hydrogen-bond acceptors (Lipinski definition) is 4. The van der Waals surface area contributed by atoms with Crippen molar-refractivity contribution < 1.29 is 8.42 Å². The van der Waals surface area contributed by atoms with Crippen molar-refractivity contribution in [3.05, 3.63) is 60.4 Å². The summed E-state index contributed by atoms with van der Waals surface area (Å²) in [5.41, 5.74) is 2.95. The van der Waals surface area contributed by atoms with E-state index in [2.05, 4.69) is 9.97 Å². The number of aromatic nitrogens is 2. The molecule has 6 heteroatoms. The predicted octanol–water partition coefficient (Wildman–Crippen LogP) is 2.76. The van der Waals surface area contributed by atoms with Crippen molar-refractivity contribution in [1.29, 1.82) is 0 Å². The smallest absolute Gasteiger partial charge is 0.264 e. The summed E-state index contributed by atoms with van der Waals surface area (Å²) >= 11 is 0. The zero-order valence-corrected chi connectivity index (χ0v) is 13.1. The van der Waals surface area contributed by atoms with Gasteiger partial charge in [0.15, 0.2) is 0 Å². The van der Waals surface area contributed by atoms with Gasteiger partial charge in [0.1, 0.15) is 0 Å². The predicted molar refractivity (Wildman–Crippen MR) is 86.3 cm³/mol. The van der Waals surface area contributed by atoms with Gasteiger partial charge < -0.3 is 0 Å². The molecule has 3 aromatic rings. The van der Waals surface area contributed by atoms with Crippen LogP contribution in [0, 0.1) is 6.92 Å². The lowest BCUT2D eigenvalue weighted by Crippen LogP contribution is -2.26. The Hall–Kier alpha value is -2.47. The molecule has 0 N–H and O–H groups in total. The fourth-order valence-electron chi connectivity index (χ4n) is 2.15. The van der Waals surface area contributed by atoms with Crippen LogP contribution in [0.3, 0.4) is 0 Å². The molecule has 1 heterocycles. The Balaban J connectivity index is 2.03. The van der Waals surface area contributed by atoms with Gasteiger partial charge in [-0.15, -0.1) is 0 Å². The van der Waals surface area contributed by atoms with E-state index in [0.29, 0.717) is 11.2 Å². The van der Waals surface area contributed by atoms with Gasteiger partial charge in [-0.1, -0.05) is 17.7 Å². The van der Waals surface area contributed by atoms with E-state index in [4.69, 9.17) is 0 Å². The van der Waals surface area contributed by atoms with Crippen molar-refractivity contribution in [2.75, 3.05) is 11.4 Å². The largest absolute Gasteiger partial charge is 0.269 e. The third kappa shape index (κ3) is 2.53. The highest BCUT2D eigenvalue weighted by Crippen LogP contribution is 2.24. The summed E-state index contributed by atoms with van der Waals surface area (Å²) in [6.45, 7) is 1.92. The molecule has 0 saturated heterocycles. The Morgan fingerprint density at radius 3 is 2.23 bits per heavy atom. The first-order chi connectivity index (χ1) is 10.5. The van der Waals surface area contributed by atoms with Crippen LogP contribution in [0.2, 0.25) is 0 Å². The van der Waals surface area contributed by atoms with Crippen LogP contribution in [0.5, 0.6) is 0 Å². The van der Waals surface area contributed by atoms with Gasteiger partial charge in [0, 0.05) is 19.4 Å². The summed E-state index contributed by atoms with van der Waals surface area (Å²) in [5, 5.41) is 0. The molecule has 0 aliphatic carbocycles. The second-order valence-corrected chi connectivity index (χ2v) is 6.98. The molecular weight excluding hydrogens is 298 g/mol. The number of anilines is 1. The fraction of sp³-hybridized carbons (Fsp3) is 0.125. The minimum atomic E-state index is -3.59. The van der Waals surface area contributed by atoms with Gasteiger partial charge in [-0.25, -0.2) is 8.42 Å². The number of hydrogen-bond donors (Lipinski definition) is 0. The third-order valence-corrected chi connectivity index (χ3v) is 5.30. The normalized spacial score (nSPS) is 11.5. The maximum Gasteiger partial charge on any atom is 0.264 e. The summed E-state index contributed by atoms with van der Waals surface area (Å²) in [5.74, 6) is 0. The average molecular weight is 313 g/mol. The average Bonchev–Trinajstić information content (AvgIpc) is 2.54. The van der Waals surface area contributed by atoms with Gasteiger partial charge in [0.05, 0.1) is 21.6 Å². The SMILES string of the molecule is Cc1ccc(S(=O)(=O)N(C)c2ccc3nccnc3c2)cc1. The number of aryl methyl sites for hydroxylation is 1. The molecule has 0 saturated carbocycles. The van der Waals surface area contributed by atoms with Gasteiger partial charge in [0.2, 0.25) is 0 Å². The second kappa shape index (κ2) is 5.38. The van der Waals surface area contributed by atoms with Gasteiger partial charge in [-0.2, -0.15) is 0 Å². The maximum atomic E-state index is 12.7. The Labute approximate surface area is 129 Å². The van der Waals surface area contributed by atoms with E-state index in [-0.39, 0.29) is 4.90 Å². The van der Waals surface area contributed by atoms with E-state index in [1.165, 1.54) is 11.4 Å². The number of sulfonamides is 1. The van der Waals surface area contributed by atoms with Crippen molar-refractivity contribution in [3.63, 3.8) is 0 Å². The van der Waals surface area contributed by atoms with Crippen LogP contribution in [-0.2, 0) is 10.0 Å². The van der Waals surface area contributed by atoms with Crippen LogP contribution in [0.1, 0.15) is 5.56 Å². The zero-order valence-electron chi connectivity index (χ0n) is 12.3. The molecule has 0 radical (unpaired) electrons. The van der Waals surface area contributed by atoms with Crippen LogP contribution in [0.15, 0.2) is 59.8 Å². The van der Waals surface area contributed by atoms with Crippen LogP contribution in [0.4, 0.5) is 5.69 Å². The molecule has 0 fully saturated rings. The molecular formula is C16H15N3O2S. The minimum Gasteiger partial charge on any atom is -0.269 e. The fourth-order valence-corrected chi connectivity index (χ4v) is 3.34. The molecule has 0 amide bonds. The van der Waals surface area contributed by atoms with E-state index >= 15 is 0 Å². The Morgan fingerprint density at radius 1 is 0.909 bits per heavy atom. The number of nitrogens with zero attached hydrogens (tertiary/aromatic N) is 3. The standard InChI is InChI=1S/C16H15N3O2S/c1-12-3-6-14(7-4-12)22(20,21)19(2)13-5-8-15-16(11-13)18-10-9-17-15/h3-11H,1-2H3. The van der Waals surface area contributed by atoms with Gasteiger partial charge in [0.25, 0.3) is 10.0 Å². The molecule has 0 bridgehead atoms. The van der Waals surface area contributed by atoms with Crippen LogP contribution < -0.4 is 4.31 Å². The molecule has 112 valence electrons.